The Balaban J connectivity index is 1.52. The van der Waals surface area contributed by atoms with Crippen LogP contribution in [0.4, 0.5) is 16.6 Å². The zero-order valence-electron chi connectivity index (χ0n) is 14.8. The number of rotatable bonds is 6. The number of nitrogens with zero attached hydrogens (tertiary/aromatic N) is 2. The zero-order valence-corrected chi connectivity index (χ0v) is 15.6. The fourth-order valence-corrected chi connectivity index (χ4v) is 4.86. The van der Waals surface area contributed by atoms with Crippen LogP contribution < -0.4 is 16.0 Å². The van der Waals surface area contributed by atoms with Crippen molar-refractivity contribution in [1.82, 2.24) is 15.3 Å². The number of nitrogens with one attached hydrogen (secondary N) is 3. The Morgan fingerprint density at radius 3 is 2.85 bits per heavy atom. The van der Waals surface area contributed by atoms with E-state index in [-0.39, 0.29) is 11.4 Å². The summed E-state index contributed by atoms with van der Waals surface area (Å²) in [5.41, 5.74) is 1.00. The standard InChI is InChI=1S/C18H23N5O2S/c1-25-8-7-19-13-10-14(21-11-20-13)22-15-9-12-16(26-15)17(24)23-18(12)5-3-2-4-6-18/h9-11H,2-8H2,1H3,(H,23,24)(H2,19,20,21,22). The lowest BCUT2D eigenvalue weighted by molar-refractivity contribution is 0.0912. The first-order valence-electron chi connectivity index (χ1n) is 8.99. The SMILES string of the molecule is COCCNc1cc(Nc2cc3c(s2)C(=O)NC32CCCCC2)ncn1. The number of amides is 1. The summed E-state index contributed by atoms with van der Waals surface area (Å²) < 4.78 is 5.03. The smallest absolute Gasteiger partial charge is 0.262 e. The second-order valence-electron chi connectivity index (χ2n) is 6.78. The molecule has 0 saturated heterocycles. The maximum absolute atomic E-state index is 12.4. The summed E-state index contributed by atoms with van der Waals surface area (Å²) in [6.45, 7) is 1.30. The van der Waals surface area contributed by atoms with Crippen molar-refractivity contribution in [3.63, 3.8) is 0 Å². The van der Waals surface area contributed by atoms with Crippen molar-refractivity contribution < 1.29 is 9.53 Å². The van der Waals surface area contributed by atoms with Crippen LogP contribution in [-0.4, -0.2) is 36.1 Å². The van der Waals surface area contributed by atoms with Crippen molar-refractivity contribution >= 4 is 33.9 Å². The Hall–Kier alpha value is -2.19. The van der Waals surface area contributed by atoms with Gasteiger partial charge >= 0.3 is 0 Å². The van der Waals surface area contributed by atoms with Gasteiger partial charge in [-0.1, -0.05) is 19.3 Å². The lowest BCUT2D eigenvalue weighted by atomic mass is 9.78. The van der Waals surface area contributed by atoms with Crippen LogP contribution in [0.1, 0.15) is 47.3 Å². The first-order chi connectivity index (χ1) is 12.7. The number of aromatic nitrogens is 2. The number of anilines is 3. The Kier molecular flexibility index (Phi) is 4.78. The van der Waals surface area contributed by atoms with Gasteiger partial charge in [-0.05, 0) is 18.9 Å². The Morgan fingerprint density at radius 2 is 2.04 bits per heavy atom. The molecule has 4 rings (SSSR count). The quantitative estimate of drug-likeness (QED) is 0.674. The molecule has 138 valence electrons. The van der Waals surface area contributed by atoms with Gasteiger partial charge in [-0.25, -0.2) is 9.97 Å². The largest absolute Gasteiger partial charge is 0.383 e. The number of hydrogen-bond donors (Lipinski definition) is 3. The summed E-state index contributed by atoms with van der Waals surface area (Å²) in [4.78, 5) is 21.8. The van der Waals surface area contributed by atoms with Crippen LogP contribution in [0.15, 0.2) is 18.5 Å². The molecule has 2 aromatic heterocycles. The van der Waals surface area contributed by atoms with Gasteiger partial charge in [-0.15, -0.1) is 11.3 Å². The number of thiophene rings is 1. The molecule has 0 radical (unpaired) electrons. The number of methoxy groups -OCH3 is 1. The molecule has 2 aliphatic rings. The Morgan fingerprint density at radius 1 is 1.23 bits per heavy atom. The monoisotopic (exact) mass is 373 g/mol. The van der Waals surface area contributed by atoms with Crippen molar-refractivity contribution in [3.8, 4) is 0 Å². The molecule has 3 N–H and O–H groups in total. The molecule has 0 bridgehead atoms. The highest BCUT2D eigenvalue weighted by Gasteiger charge is 2.44. The minimum atomic E-state index is -0.153. The molecule has 1 saturated carbocycles. The topological polar surface area (TPSA) is 88.2 Å². The van der Waals surface area contributed by atoms with Crippen LogP contribution in [0, 0.1) is 0 Å². The third-order valence-corrected chi connectivity index (χ3v) is 6.09. The highest BCUT2D eigenvalue weighted by atomic mass is 32.1. The van der Waals surface area contributed by atoms with E-state index in [2.05, 4.69) is 32.0 Å². The molecule has 1 spiro atoms. The predicted molar refractivity (Wildman–Crippen MR) is 102 cm³/mol. The summed E-state index contributed by atoms with van der Waals surface area (Å²) in [7, 11) is 1.67. The first kappa shape index (κ1) is 17.2. The first-order valence-corrected chi connectivity index (χ1v) is 9.80. The van der Waals surface area contributed by atoms with Crippen LogP contribution in [0.25, 0.3) is 0 Å². The maximum atomic E-state index is 12.4. The lowest BCUT2D eigenvalue weighted by Gasteiger charge is -2.33. The normalized spacial score (nSPS) is 17.8. The third-order valence-electron chi connectivity index (χ3n) is 5.04. The van der Waals surface area contributed by atoms with E-state index < -0.39 is 0 Å². The average molecular weight is 373 g/mol. The molecule has 3 heterocycles. The minimum Gasteiger partial charge on any atom is -0.383 e. The van der Waals surface area contributed by atoms with Crippen LogP contribution >= 0.6 is 11.3 Å². The molecular formula is C18H23N5O2S. The van der Waals surface area contributed by atoms with Crippen molar-refractivity contribution in [2.75, 3.05) is 30.9 Å². The number of ether oxygens (including phenoxy) is 1. The van der Waals surface area contributed by atoms with E-state index in [9.17, 15) is 4.79 Å². The molecule has 2 aromatic rings. The Labute approximate surface area is 156 Å². The second kappa shape index (κ2) is 7.20. The fourth-order valence-electron chi connectivity index (χ4n) is 3.80. The molecular weight excluding hydrogens is 350 g/mol. The van der Waals surface area contributed by atoms with Gasteiger partial charge in [0.25, 0.3) is 5.91 Å². The summed E-state index contributed by atoms with van der Waals surface area (Å²) in [6, 6.07) is 3.97. The van der Waals surface area contributed by atoms with E-state index in [0.29, 0.717) is 19.0 Å². The number of fused-ring (bicyclic) bond motifs is 2. The molecule has 1 amide bonds. The molecule has 1 aliphatic carbocycles. The highest BCUT2D eigenvalue weighted by Crippen LogP contribution is 2.47. The van der Waals surface area contributed by atoms with Gasteiger partial charge in [0.2, 0.25) is 0 Å². The van der Waals surface area contributed by atoms with E-state index in [4.69, 9.17) is 4.74 Å². The minimum absolute atomic E-state index is 0.0598. The summed E-state index contributed by atoms with van der Waals surface area (Å²) >= 11 is 1.50. The molecule has 0 atom stereocenters. The molecule has 8 heteroatoms. The third kappa shape index (κ3) is 3.26. The number of hydrogen-bond acceptors (Lipinski definition) is 7. The number of carbonyl (C=O) groups excluding carboxylic acids is 1. The fraction of sp³-hybridized carbons (Fsp3) is 0.500. The Bertz CT molecular complexity index is 801. The van der Waals surface area contributed by atoms with Crippen LogP contribution in [0.3, 0.4) is 0 Å². The van der Waals surface area contributed by atoms with Crippen LogP contribution in [-0.2, 0) is 10.3 Å². The van der Waals surface area contributed by atoms with Crippen molar-refractivity contribution in [2.24, 2.45) is 0 Å². The van der Waals surface area contributed by atoms with Gasteiger partial charge in [0.1, 0.15) is 18.0 Å². The van der Waals surface area contributed by atoms with Gasteiger partial charge in [0.15, 0.2) is 0 Å². The highest BCUT2D eigenvalue weighted by molar-refractivity contribution is 7.18. The molecule has 7 nitrogen and oxygen atoms in total. The van der Waals surface area contributed by atoms with Crippen molar-refractivity contribution in [3.05, 3.63) is 28.9 Å². The number of carbonyl (C=O) groups is 1. The summed E-state index contributed by atoms with van der Waals surface area (Å²) in [5, 5.41) is 10.7. The van der Waals surface area contributed by atoms with Gasteiger partial charge in [0, 0.05) is 25.3 Å². The van der Waals surface area contributed by atoms with E-state index in [1.54, 1.807) is 7.11 Å². The molecule has 0 aromatic carbocycles. The molecule has 1 aliphatic heterocycles. The van der Waals surface area contributed by atoms with E-state index in [1.165, 1.54) is 36.9 Å². The van der Waals surface area contributed by atoms with Crippen LogP contribution in [0.2, 0.25) is 0 Å². The van der Waals surface area contributed by atoms with E-state index >= 15 is 0 Å². The van der Waals surface area contributed by atoms with Gasteiger partial charge in [0.05, 0.1) is 22.0 Å². The molecule has 0 unspecified atom stereocenters. The second-order valence-corrected chi connectivity index (χ2v) is 7.84. The van der Waals surface area contributed by atoms with Gasteiger partial charge < -0.3 is 20.7 Å². The average Bonchev–Trinajstić information content (AvgIpc) is 3.16. The zero-order chi connectivity index (χ0) is 18.0. The van der Waals surface area contributed by atoms with Crippen molar-refractivity contribution in [2.45, 2.75) is 37.6 Å². The lowest BCUT2D eigenvalue weighted by Crippen LogP contribution is -2.40. The molecule has 26 heavy (non-hydrogen) atoms. The van der Waals surface area contributed by atoms with E-state index in [0.717, 1.165) is 34.1 Å². The van der Waals surface area contributed by atoms with Crippen LogP contribution in [0.5, 0.6) is 0 Å². The van der Waals surface area contributed by atoms with Gasteiger partial charge in [-0.3, -0.25) is 4.79 Å². The van der Waals surface area contributed by atoms with E-state index in [1.807, 2.05) is 6.07 Å². The summed E-state index contributed by atoms with van der Waals surface area (Å²) in [6.07, 6.45) is 7.17. The molecule has 1 fully saturated rings. The summed E-state index contributed by atoms with van der Waals surface area (Å²) in [5.74, 6) is 1.51. The van der Waals surface area contributed by atoms with Gasteiger partial charge in [-0.2, -0.15) is 0 Å². The maximum Gasteiger partial charge on any atom is 0.262 e. The van der Waals surface area contributed by atoms with Crippen molar-refractivity contribution in [1.29, 1.82) is 0 Å². The predicted octanol–water partition coefficient (Wildman–Crippen LogP) is 3.24.